The molecule has 0 bridgehead atoms. The molecule has 3 aromatic rings. The van der Waals surface area contributed by atoms with E-state index in [-0.39, 0.29) is 19.3 Å². The van der Waals surface area contributed by atoms with Crippen molar-refractivity contribution < 1.29 is 13.2 Å². The third-order valence-electron chi connectivity index (χ3n) is 4.93. The van der Waals surface area contributed by atoms with Gasteiger partial charge in [-0.25, -0.2) is 4.68 Å². The molecule has 0 saturated heterocycles. The lowest BCUT2D eigenvalue weighted by Crippen LogP contribution is -2.35. The molecular weight excluding hydrogens is 425 g/mol. The quantitative estimate of drug-likeness (QED) is 0.494. The van der Waals surface area contributed by atoms with E-state index in [1.54, 1.807) is 42.7 Å². The summed E-state index contributed by atoms with van der Waals surface area (Å²) in [6, 6.07) is 12.4. The number of alkyl halides is 3. The Morgan fingerprint density at radius 1 is 1.19 bits per heavy atom. The van der Waals surface area contributed by atoms with Crippen LogP contribution in [0.15, 0.2) is 48.8 Å². The van der Waals surface area contributed by atoms with Gasteiger partial charge < -0.3 is 0 Å². The Kier molecular flexibility index (Phi) is 5.89. The normalized spacial score (nSPS) is 14.0. The molecule has 2 heterocycles. The van der Waals surface area contributed by atoms with Gasteiger partial charge in [0.15, 0.2) is 10.6 Å². The summed E-state index contributed by atoms with van der Waals surface area (Å²) in [6.07, 6.45) is 0.874. The van der Waals surface area contributed by atoms with Gasteiger partial charge in [0.1, 0.15) is 0 Å². The Morgan fingerprint density at radius 3 is 2.52 bits per heavy atom. The molecule has 2 aromatic heterocycles. The number of pyridine rings is 1. The minimum absolute atomic E-state index is 0.0471. The topological polar surface area (TPSA) is 62.7 Å². The van der Waals surface area contributed by atoms with Crippen LogP contribution in [0.1, 0.15) is 30.0 Å². The molecule has 1 aliphatic carbocycles. The summed E-state index contributed by atoms with van der Waals surface area (Å²) >= 11 is 5.59. The highest BCUT2D eigenvalue weighted by atomic mass is 32.1. The van der Waals surface area contributed by atoms with Crippen molar-refractivity contribution in [2.75, 3.05) is 6.54 Å². The lowest BCUT2D eigenvalue weighted by atomic mass is 10.1. The van der Waals surface area contributed by atoms with E-state index in [4.69, 9.17) is 17.5 Å². The number of aromatic nitrogens is 4. The lowest BCUT2D eigenvalue weighted by Gasteiger charge is -2.23. The Balaban J connectivity index is 1.64. The summed E-state index contributed by atoms with van der Waals surface area (Å²) in [4.78, 5) is 5.37. The van der Waals surface area contributed by atoms with Crippen molar-refractivity contribution in [1.82, 2.24) is 24.2 Å². The Hall–Kier alpha value is -3.03. The van der Waals surface area contributed by atoms with E-state index in [0.29, 0.717) is 21.7 Å². The molecule has 0 atom stereocenters. The van der Waals surface area contributed by atoms with Crippen molar-refractivity contribution in [2.45, 2.75) is 38.3 Å². The molecule has 1 saturated carbocycles. The molecule has 1 fully saturated rings. The van der Waals surface area contributed by atoms with Gasteiger partial charge in [-0.2, -0.15) is 23.5 Å². The largest absolute Gasteiger partial charge is 0.401 e. The van der Waals surface area contributed by atoms with E-state index >= 15 is 0 Å². The highest BCUT2D eigenvalue weighted by molar-refractivity contribution is 7.71. The van der Waals surface area contributed by atoms with Crippen LogP contribution < -0.4 is 0 Å². The standard InChI is InChI=1S/C21H19F3N6S/c22-21(23,24)13-28(12-16-5-3-15(10-25)4-6-16)14-29-20(31)30(18-7-8-18)19(27-29)17-2-1-9-26-11-17/h1-6,9,11,18H,7-8,12-14H2. The molecular formula is C21H19F3N6S. The van der Waals surface area contributed by atoms with Gasteiger partial charge in [-0.05, 0) is 54.9 Å². The number of nitriles is 1. The zero-order valence-electron chi connectivity index (χ0n) is 16.5. The summed E-state index contributed by atoms with van der Waals surface area (Å²) in [7, 11) is 0. The maximum absolute atomic E-state index is 13.3. The number of rotatable bonds is 7. The fourth-order valence-corrected chi connectivity index (χ4v) is 3.74. The summed E-state index contributed by atoms with van der Waals surface area (Å²) in [5.74, 6) is 0.617. The SMILES string of the molecule is N#Cc1ccc(CN(Cn2nc(-c3cccnc3)n(C3CC3)c2=S)CC(F)(F)F)cc1. The first kappa shape index (κ1) is 21.2. The number of hydrogen-bond acceptors (Lipinski definition) is 5. The maximum Gasteiger partial charge on any atom is 0.401 e. The molecule has 0 N–H and O–H groups in total. The molecule has 0 amide bonds. The summed E-state index contributed by atoms with van der Waals surface area (Å²) in [5, 5.41) is 13.5. The maximum atomic E-state index is 13.3. The number of nitrogens with zero attached hydrogens (tertiary/aromatic N) is 6. The van der Waals surface area contributed by atoms with Crippen molar-refractivity contribution in [1.29, 1.82) is 5.26 Å². The average Bonchev–Trinajstić information content (AvgIpc) is 3.52. The van der Waals surface area contributed by atoms with E-state index in [1.807, 2.05) is 16.7 Å². The fourth-order valence-electron chi connectivity index (χ4n) is 3.41. The van der Waals surface area contributed by atoms with Gasteiger partial charge in [0, 0.05) is 30.5 Å². The molecule has 10 heteroatoms. The fraction of sp³-hybridized carbons (Fsp3) is 0.333. The molecule has 31 heavy (non-hydrogen) atoms. The monoisotopic (exact) mass is 444 g/mol. The van der Waals surface area contributed by atoms with Crippen LogP contribution in [0.25, 0.3) is 11.4 Å². The Morgan fingerprint density at radius 2 is 1.94 bits per heavy atom. The summed E-state index contributed by atoms with van der Waals surface area (Å²) < 4.78 is 43.6. The van der Waals surface area contributed by atoms with Gasteiger partial charge >= 0.3 is 6.18 Å². The lowest BCUT2D eigenvalue weighted by molar-refractivity contribution is -0.151. The Labute approximate surface area is 182 Å². The first-order chi connectivity index (χ1) is 14.8. The summed E-state index contributed by atoms with van der Waals surface area (Å²) in [5.41, 5.74) is 1.90. The van der Waals surface area contributed by atoms with Crippen LogP contribution in [-0.4, -0.2) is 37.0 Å². The molecule has 6 nitrogen and oxygen atoms in total. The average molecular weight is 444 g/mol. The first-order valence-electron chi connectivity index (χ1n) is 9.72. The predicted molar refractivity (Wildman–Crippen MR) is 110 cm³/mol. The molecule has 0 spiro atoms. The van der Waals surface area contributed by atoms with Crippen LogP contribution in [0.5, 0.6) is 0 Å². The minimum Gasteiger partial charge on any atom is -0.297 e. The zero-order chi connectivity index (χ0) is 22.0. The molecule has 0 radical (unpaired) electrons. The third-order valence-corrected chi connectivity index (χ3v) is 5.34. The van der Waals surface area contributed by atoms with E-state index in [1.165, 1.54) is 9.58 Å². The van der Waals surface area contributed by atoms with Crippen LogP contribution in [0.4, 0.5) is 13.2 Å². The smallest absolute Gasteiger partial charge is 0.297 e. The number of benzene rings is 1. The molecule has 160 valence electrons. The molecule has 1 aliphatic rings. The second kappa shape index (κ2) is 8.61. The third kappa shape index (κ3) is 5.18. The van der Waals surface area contributed by atoms with Crippen molar-refractivity contribution in [3.8, 4) is 17.5 Å². The van der Waals surface area contributed by atoms with Crippen LogP contribution in [0.2, 0.25) is 0 Å². The van der Waals surface area contributed by atoms with Gasteiger partial charge in [-0.15, -0.1) is 0 Å². The van der Waals surface area contributed by atoms with Crippen molar-refractivity contribution in [2.24, 2.45) is 0 Å². The summed E-state index contributed by atoms with van der Waals surface area (Å²) in [6.45, 7) is -1.16. The van der Waals surface area contributed by atoms with Crippen molar-refractivity contribution in [3.05, 3.63) is 64.7 Å². The van der Waals surface area contributed by atoms with Crippen LogP contribution >= 0.6 is 12.2 Å². The highest BCUT2D eigenvalue weighted by Crippen LogP contribution is 2.38. The second-order valence-electron chi connectivity index (χ2n) is 7.50. The predicted octanol–water partition coefficient (Wildman–Crippen LogP) is 4.70. The number of hydrogen-bond donors (Lipinski definition) is 0. The van der Waals surface area contributed by atoms with Crippen molar-refractivity contribution >= 4 is 12.2 Å². The van der Waals surface area contributed by atoms with E-state index < -0.39 is 12.7 Å². The van der Waals surface area contributed by atoms with Crippen LogP contribution in [0, 0.1) is 16.1 Å². The van der Waals surface area contributed by atoms with Gasteiger partial charge in [0.25, 0.3) is 0 Å². The van der Waals surface area contributed by atoms with Gasteiger partial charge in [-0.3, -0.25) is 14.5 Å². The van der Waals surface area contributed by atoms with Crippen LogP contribution in [0.3, 0.4) is 0 Å². The van der Waals surface area contributed by atoms with Gasteiger partial charge in [0.2, 0.25) is 0 Å². The van der Waals surface area contributed by atoms with Crippen LogP contribution in [-0.2, 0) is 13.2 Å². The molecule has 0 unspecified atom stereocenters. The highest BCUT2D eigenvalue weighted by Gasteiger charge is 2.33. The second-order valence-corrected chi connectivity index (χ2v) is 7.87. The Bertz CT molecular complexity index is 1140. The zero-order valence-corrected chi connectivity index (χ0v) is 17.3. The van der Waals surface area contributed by atoms with Gasteiger partial charge in [0.05, 0.1) is 24.8 Å². The van der Waals surface area contributed by atoms with E-state index in [2.05, 4.69) is 10.1 Å². The molecule has 1 aromatic carbocycles. The number of halogens is 3. The first-order valence-corrected chi connectivity index (χ1v) is 10.1. The van der Waals surface area contributed by atoms with Gasteiger partial charge in [-0.1, -0.05) is 12.1 Å². The van der Waals surface area contributed by atoms with E-state index in [9.17, 15) is 13.2 Å². The minimum atomic E-state index is -4.37. The molecule has 4 rings (SSSR count). The van der Waals surface area contributed by atoms with Crippen molar-refractivity contribution in [3.63, 3.8) is 0 Å². The molecule has 0 aliphatic heterocycles. The van der Waals surface area contributed by atoms with E-state index in [0.717, 1.165) is 18.4 Å².